The number of amides is 1. The van der Waals surface area contributed by atoms with E-state index in [2.05, 4.69) is 12.1 Å². The van der Waals surface area contributed by atoms with Crippen LogP contribution in [0.4, 0.5) is 0 Å². The van der Waals surface area contributed by atoms with Gasteiger partial charge in [0.2, 0.25) is 0 Å². The largest absolute Gasteiger partial charge is 0.484 e. The third-order valence-electron chi connectivity index (χ3n) is 3.18. The number of likely N-dealkylation sites (N-methyl/N-ethyl adjacent to an activating group) is 1. The van der Waals surface area contributed by atoms with Gasteiger partial charge in [0.05, 0.1) is 0 Å². The number of carbonyl (C=O) groups excluding carboxylic acids is 1. The van der Waals surface area contributed by atoms with E-state index in [1.807, 2.05) is 18.4 Å². The molecule has 2 aromatic rings. The summed E-state index contributed by atoms with van der Waals surface area (Å²) in [6, 6.07) is 15.2. The van der Waals surface area contributed by atoms with Crippen molar-refractivity contribution in [1.29, 1.82) is 0 Å². The summed E-state index contributed by atoms with van der Waals surface area (Å²) in [4.78, 5) is 15.0. The predicted octanol–water partition coefficient (Wildman–Crippen LogP) is 4.10. The molecule has 0 unspecified atom stereocenters. The Balaban J connectivity index is 1.84. The number of rotatable bonds is 6. The van der Waals surface area contributed by atoms with Crippen molar-refractivity contribution in [1.82, 2.24) is 4.90 Å². The van der Waals surface area contributed by atoms with Crippen molar-refractivity contribution in [3.63, 3.8) is 0 Å². The molecule has 0 aliphatic carbocycles. The van der Waals surface area contributed by atoms with Crippen molar-refractivity contribution in [3.8, 4) is 5.75 Å². The Morgan fingerprint density at radius 1 is 1.14 bits per heavy atom. The molecule has 2 rings (SSSR count). The number of ether oxygens (including phenoxy) is 1. The molecule has 0 N–H and O–H groups in total. The van der Waals surface area contributed by atoms with Crippen LogP contribution in [0, 0.1) is 0 Å². The van der Waals surface area contributed by atoms with Crippen LogP contribution in [0.5, 0.6) is 5.75 Å². The maximum atomic E-state index is 12.1. The minimum absolute atomic E-state index is 0.0149. The van der Waals surface area contributed by atoms with Crippen LogP contribution in [0.15, 0.2) is 53.4 Å². The molecular formula is C17H18ClNO2S. The van der Waals surface area contributed by atoms with Crippen LogP contribution < -0.4 is 4.74 Å². The lowest BCUT2D eigenvalue weighted by molar-refractivity contribution is -0.132. The maximum Gasteiger partial charge on any atom is 0.260 e. The average Bonchev–Trinajstić information content (AvgIpc) is 2.54. The summed E-state index contributed by atoms with van der Waals surface area (Å²) in [7, 11) is 1.77. The molecule has 0 aromatic heterocycles. The second-order valence-electron chi connectivity index (χ2n) is 4.84. The highest BCUT2D eigenvalue weighted by atomic mass is 35.5. The molecule has 0 aliphatic rings. The Labute approximate surface area is 140 Å². The van der Waals surface area contributed by atoms with Crippen LogP contribution >= 0.6 is 23.4 Å². The molecule has 22 heavy (non-hydrogen) atoms. The molecule has 0 saturated carbocycles. The Bertz CT molecular complexity index is 614. The highest BCUT2D eigenvalue weighted by Gasteiger charge is 2.10. The quantitative estimate of drug-likeness (QED) is 0.744. The third-order valence-corrected chi connectivity index (χ3v) is 4.18. The van der Waals surface area contributed by atoms with Crippen molar-refractivity contribution in [2.75, 3.05) is 19.9 Å². The van der Waals surface area contributed by atoms with Gasteiger partial charge in [-0.25, -0.2) is 0 Å². The first kappa shape index (κ1) is 16.7. The molecule has 5 heteroatoms. The van der Waals surface area contributed by atoms with Gasteiger partial charge in [-0.15, -0.1) is 11.8 Å². The van der Waals surface area contributed by atoms with Crippen molar-refractivity contribution in [3.05, 3.63) is 59.1 Å². The van der Waals surface area contributed by atoms with Gasteiger partial charge in [0.15, 0.2) is 6.61 Å². The fourth-order valence-electron chi connectivity index (χ4n) is 1.88. The van der Waals surface area contributed by atoms with Crippen LogP contribution in [0.1, 0.15) is 5.56 Å². The second-order valence-corrected chi connectivity index (χ2v) is 6.16. The molecule has 2 aromatic carbocycles. The minimum Gasteiger partial charge on any atom is -0.484 e. The lowest BCUT2D eigenvalue weighted by Gasteiger charge is -2.17. The number of benzene rings is 2. The van der Waals surface area contributed by atoms with Gasteiger partial charge in [-0.2, -0.15) is 0 Å². The maximum absolute atomic E-state index is 12.1. The summed E-state index contributed by atoms with van der Waals surface area (Å²) >= 11 is 7.50. The van der Waals surface area contributed by atoms with Gasteiger partial charge in [0, 0.05) is 23.5 Å². The monoisotopic (exact) mass is 335 g/mol. The fourth-order valence-corrected chi connectivity index (χ4v) is 2.41. The lowest BCUT2D eigenvalue weighted by atomic mass is 10.2. The number of halogens is 1. The standard InChI is InChI=1S/C17H18ClNO2S/c1-19(11-13-3-9-16(22-2)10-4-13)17(20)12-21-15-7-5-14(18)6-8-15/h3-10H,11-12H2,1-2H3. The van der Waals surface area contributed by atoms with E-state index in [-0.39, 0.29) is 12.5 Å². The Hall–Kier alpha value is -1.65. The zero-order chi connectivity index (χ0) is 15.9. The van der Waals surface area contributed by atoms with E-state index in [4.69, 9.17) is 16.3 Å². The molecule has 0 aliphatic heterocycles. The highest BCUT2D eigenvalue weighted by Crippen LogP contribution is 2.17. The summed E-state index contributed by atoms with van der Waals surface area (Å²) in [6.45, 7) is 0.582. The van der Waals surface area contributed by atoms with Gasteiger partial charge in [-0.05, 0) is 48.2 Å². The first-order valence-corrected chi connectivity index (χ1v) is 8.44. The van der Waals surface area contributed by atoms with Crippen LogP contribution in [0.3, 0.4) is 0 Å². The third kappa shape index (κ3) is 4.97. The molecule has 0 bridgehead atoms. The Morgan fingerprint density at radius 3 is 2.36 bits per heavy atom. The number of thioether (sulfide) groups is 1. The Kier molecular flexibility index (Phi) is 6.16. The summed E-state index contributed by atoms with van der Waals surface area (Å²) in [5, 5.41) is 0.643. The van der Waals surface area contributed by atoms with Gasteiger partial charge < -0.3 is 9.64 Å². The van der Waals surface area contributed by atoms with E-state index in [9.17, 15) is 4.79 Å². The van der Waals surface area contributed by atoms with Gasteiger partial charge in [-0.1, -0.05) is 23.7 Å². The summed E-state index contributed by atoms with van der Waals surface area (Å²) < 4.78 is 5.46. The topological polar surface area (TPSA) is 29.5 Å². The fraction of sp³-hybridized carbons (Fsp3) is 0.235. The van der Waals surface area contributed by atoms with Crippen LogP contribution in [-0.2, 0) is 11.3 Å². The van der Waals surface area contributed by atoms with Crippen molar-refractivity contribution < 1.29 is 9.53 Å². The molecule has 0 saturated heterocycles. The van der Waals surface area contributed by atoms with Gasteiger partial charge in [-0.3, -0.25) is 4.79 Å². The average molecular weight is 336 g/mol. The van der Waals surface area contributed by atoms with Crippen LogP contribution in [-0.4, -0.2) is 30.7 Å². The van der Waals surface area contributed by atoms with Crippen molar-refractivity contribution in [2.24, 2.45) is 0 Å². The van der Waals surface area contributed by atoms with E-state index in [0.29, 0.717) is 17.3 Å². The van der Waals surface area contributed by atoms with Crippen LogP contribution in [0.2, 0.25) is 5.02 Å². The first-order valence-electron chi connectivity index (χ1n) is 6.84. The van der Waals surface area contributed by atoms with E-state index in [0.717, 1.165) is 5.56 Å². The summed E-state index contributed by atoms with van der Waals surface area (Å²) in [5.41, 5.74) is 1.10. The Morgan fingerprint density at radius 2 is 1.77 bits per heavy atom. The molecule has 1 amide bonds. The molecule has 116 valence electrons. The number of carbonyl (C=O) groups is 1. The van der Waals surface area contributed by atoms with E-state index >= 15 is 0 Å². The minimum atomic E-state index is -0.0658. The van der Waals surface area contributed by atoms with Crippen LogP contribution in [0.25, 0.3) is 0 Å². The zero-order valence-electron chi connectivity index (χ0n) is 12.6. The first-order chi connectivity index (χ1) is 10.6. The number of hydrogen-bond donors (Lipinski definition) is 0. The van der Waals surface area contributed by atoms with E-state index in [1.54, 1.807) is 48.0 Å². The van der Waals surface area contributed by atoms with Crippen molar-refractivity contribution >= 4 is 29.3 Å². The van der Waals surface area contributed by atoms with E-state index in [1.165, 1.54) is 4.90 Å². The highest BCUT2D eigenvalue weighted by molar-refractivity contribution is 7.98. The molecular weight excluding hydrogens is 318 g/mol. The predicted molar refractivity (Wildman–Crippen MR) is 91.6 cm³/mol. The van der Waals surface area contributed by atoms with Gasteiger partial charge >= 0.3 is 0 Å². The normalized spacial score (nSPS) is 10.3. The summed E-state index contributed by atoms with van der Waals surface area (Å²) in [5.74, 6) is 0.569. The summed E-state index contributed by atoms with van der Waals surface area (Å²) in [6.07, 6.45) is 2.04. The molecule has 0 heterocycles. The van der Waals surface area contributed by atoms with Crippen molar-refractivity contribution in [2.45, 2.75) is 11.4 Å². The molecule has 0 radical (unpaired) electrons. The second kappa shape index (κ2) is 8.11. The molecule has 0 fully saturated rings. The van der Waals surface area contributed by atoms with Gasteiger partial charge in [0.25, 0.3) is 5.91 Å². The van der Waals surface area contributed by atoms with Gasteiger partial charge in [0.1, 0.15) is 5.75 Å². The molecule has 0 spiro atoms. The SMILES string of the molecule is CSc1ccc(CN(C)C(=O)COc2ccc(Cl)cc2)cc1. The number of nitrogens with zero attached hydrogens (tertiary/aromatic N) is 1. The molecule has 0 atom stereocenters. The lowest BCUT2D eigenvalue weighted by Crippen LogP contribution is -2.30. The zero-order valence-corrected chi connectivity index (χ0v) is 14.2. The number of hydrogen-bond acceptors (Lipinski definition) is 3. The molecule has 3 nitrogen and oxygen atoms in total. The smallest absolute Gasteiger partial charge is 0.260 e. The van der Waals surface area contributed by atoms with E-state index < -0.39 is 0 Å².